The van der Waals surface area contributed by atoms with Gasteiger partial charge in [0.2, 0.25) is 0 Å². The number of nitrogen functional groups attached to an aromatic ring is 1. The van der Waals surface area contributed by atoms with Crippen molar-refractivity contribution in [2.75, 3.05) is 11.5 Å². The van der Waals surface area contributed by atoms with Crippen LogP contribution in [0.25, 0.3) is 0 Å². The molecular weight excluding hydrogens is 206 g/mol. The number of unbranched alkanes of at least 4 members (excludes halogenated alkanes) is 1. The second-order valence-corrected chi connectivity index (χ2v) is 4.77. The summed E-state index contributed by atoms with van der Waals surface area (Å²) >= 11 is 1.66. The van der Waals surface area contributed by atoms with E-state index >= 15 is 0 Å². The van der Waals surface area contributed by atoms with Crippen LogP contribution < -0.4 is 5.73 Å². The maximum absolute atomic E-state index is 9.66. The second kappa shape index (κ2) is 6.75. The fourth-order valence-electron chi connectivity index (χ4n) is 1.32. The maximum atomic E-state index is 9.66. The van der Waals surface area contributed by atoms with Gasteiger partial charge in [-0.3, -0.25) is 0 Å². The third kappa shape index (κ3) is 5.09. The van der Waals surface area contributed by atoms with E-state index in [1.165, 1.54) is 0 Å². The van der Waals surface area contributed by atoms with Gasteiger partial charge < -0.3 is 10.8 Å². The highest BCUT2D eigenvalue weighted by Gasteiger charge is 2.04. The highest BCUT2D eigenvalue weighted by Crippen LogP contribution is 2.21. The molecule has 0 spiro atoms. The standard InChI is InChI=1S/C12H19NOS/c1-2-3-6-11(14)9-15-12-7-4-5-10(13)8-12/h4-5,7-8,11,14H,2-3,6,9,13H2,1H3/t11-/m0/s1. The van der Waals surface area contributed by atoms with Gasteiger partial charge >= 0.3 is 0 Å². The van der Waals surface area contributed by atoms with Crippen molar-refractivity contribution in [3.63, 3.8) is 0 Å². The average molecular weight is 225 g/mol. The van der Waals surface area contributed by atoms with Crippen LogP contribution in [0.3, 0.4) is 0 Å². The fraction of sp³-hybridized carbons (Fsp3) is 0.500. The second-order valence-electron chi connectivity index (χ2n) is 3.68. The molecule has 0 aliphatic carbocycles. The van der Waals surface area contributed by atoms with Crippen molar-refractivity contribution < 1.29 is 5.11 Å². The first kappa shape index (κ1) is 12.4. The molecule has 1 aromatic rings. The first-order valence-corrected chi connectivity index (χ1v) is 6.37. The Labute approximate surface area is 95.9 Å². The minimum Gasteiger partial charge on any atom is -0.399 e. The third-order valence-corrected chi connectivity index (χ3v) is 3.33. The molecule has 1 aromatic carbocycles. The zero-order valence-corrected chi connectivity index (χ0v) is 9.96. The van der Waals surface area contributed by atoms with Crippen molar-refractivity contribution in [1.29, 1.82) is 0 Å². The van der Waals surface area contributed by atoms with Gasteiger partial charge in [-0.15, -0.1) is 11.8 Å². The van der Waals surface area contributed by atoms with E-state index < -0.39 is 0 Å². The number of aliphatic hydroxyl groups excluding tert-OH is 1. The van der Waals surface area contributed by atoms with E-state index in [-0.39, 0.29) is 6.10 Å². The van der Waals surface area contributed by atoms with Crippen LogP contribution in [0, 0.1) is 0 Å². The fourth-order valence-corrected chi connectivity index (χ4v) is 2.27. The number of anilines is 1. The van der Waals surface area contributed by atoms with Gasteiger partial charge in [0, 0.05) is 16.3 Å². The van der Waals surface area contributed by atoms with Gasteiger partial charge in [0.1, 0.15) is 0 Å². The summed E-state index contributed by atoms with van der Waals surface area (Å²) in [5.41, 5.74) is 6.45. The number of rotatable bonds is 6. The van der Waals surface area contributed by atoms with Crippen LogP contribution in [-0.4, -0.2) is 17.0 Å². The van der Waals surface area contributed by atoms with Gasteiger partial charge in [-0.1, -0.05) is 25.8 Å². The van der Waals surface area contributed by atoms with Gasteiger partial charge in [-0.05, 0) is 24.6 Å². The average Bonchev–Trinajstić information content (AvgIpc) is 2.23. The molecule has 0 saturated heterocycles. The predicted octanol–water partition coefficient (Wildman–Crippen LogP) is 2.91. The lowest BCUT2D eigenvalue weighted by Crippen LogP contribution is -2.09. The summed E-state index contributed by atoms with van der Waals surface area (Å²) in [5, 5.41) is 9.66. The van der Waals surface area contributed by atoms with Crippen molar-refractivity contribution >= 4 is 17.4 Å². The van der Waals surface area contributed by atoms with E-state index in [0.717, 1.165) is 35.6 Å². The summed E-state index contributed by atoms with van der Waals surface area (Å²) in [4.78, 5) is 1.13. The normalized spacial score (nSPS) is 12.7. The van der Waals surface area contributed by atoms with E-state index in [0.29, 0.717) is 0 Å². The number of hydrogen-bond acceptors (Lipinski definition) is 3. The highest BCUT2D eigenvalue weighted by atomic mass is 32.2. The Morgan fingerprint density at radius 1 is 1.47 bits per heavy atom. The summed E-state index contributed by atoms with van der Waals surface area (Å²) in [6, 6.07) is 7.78. The highest BCUT2D eigenvalue weighted by molar-refractivity contribution is 7.99. The number of nitrogens with two attached hydrogens (primary N) is 1. The van der Waals surface area contributed by atoms with Gasteiger partial charge in [0.15, 0.2) is 0 Å². The molecule has 1 rings (SSSR count). The quantitative estimate of drug-likeness (QED) is 0.578. The molecule has 0 aliphatic heterocycles. The van der Waals surface area contributed by atoms with Crippen LogP contribution in [0.1, 0.15) is 26.2 Å². The van der Waals surface area contributed by atoms with E-state index in [2.05, 4.69) is 6.92 Å². The van der Waals surface area contributed by atoms with Gasteiger partial charge in [-0.2, -0.15) is 0 Å². The van der Waals surface area contributed by atoms with Gasteiger partial charge in [0.25, 0.3) is 0 Å². The minimum atomic E-state index is -0.198. The zero-order valence-electron chi connectivity index (χ0n) is 9.15. The van der Waals surface area contributed by atoms with Crippen LogP contribution in [0.5, 0.6) is 0 Å². The molecule has 84 valence electrons. The molecule has 0 fully saturated rings. The lowest BCUT2D eigenvalue weighted by atomic mass is 10.2. The molecule has 0 saturated carbocycles. The SMILES string of the molecule is CCCC[C@H](O)CSc1cccc(N)c1. The number of benzene rings is 1. The first-order valence-electron chi connectivity index (χ1n) is 5.38. The largest absolute Gasteiger partial charge is 0.399 e. The van der Waals surface area contributed by atoms with E-state index in [9.17, 15) is 5.11 Å². The number of hydrogen-bond donors (Lipinski definition) is 2. The van der Waals surface area contributed by atoms with Crippen LogP contribution in [0.2, 0.25) is 0 Å². The number of aliphatic hydroxyl groups is 1. The molecule has 1 atom stereocenters. The molecule has 15 heavy (non-hydrogen) atoms. The molecule has 0 bridgehead atoms. The van der Waals surface area contributed by atoms with Crippen LogP contribution in [0.15, 0.2) is 29.2 Å². The van der Waals surface area contributed by atoms with E-state index in [1.807, 2.05) is 24.3 Å². The van der Waals surface area contributed by atoms with Crippen LogP contribution >= 0.6 is 11.8 Å². The van der Waals surface area contributed by atoms with Crippen molar-refractivity contribution in [3.05, 3.63) is 24.3 Å². The molecule has 0 amide bonds. The molecule has 0 aliphatic rings. The molecular formula is C12H19NOS. The molecule has 3 N–H and O–H groups in total. The summed E-state index contributed by atoms with van der Waals surface area (Å²) in [7, 11) is 0. The molecule has 0 unspecified atom stereocenters. The minimum absolute atomic E-state index is 0.198. The van der Waals surface area contributed by atoms with Crippen LogP contribution in [-0.2, 0) is 0 Å². The lowest BCUT2D eigenvalue weighted by molar-refractivity contribution is 0.186. The van der Waals surface area contributed by atoms with Gasteiger partial charge in [-0.25, -0.2) is 0 Å². The van der Waals surface area contributed by atoms with Crippen molar-refractivity contribution in [3.8, 4) is 0 Å². The summed E-state index contributed by atoms with van der Waals surface area (Å²) in [5.74, 6) is 0.753. The van der Waals surface area contributed by atoms with Crippen LogP contribution in [0.4, 0.5) is 5.69 Å². The molecule has 2 nitrogen and oxygen atoms in total. The Kier molecular flexibility index (Phi) is 5.58. The smallest absolute Gasteiger partial charge is 0.0634 e. The molecule has 0 radical (unpaired) electrons. The Hall–Kier alpha value is -0.670. The number of thioether (sulfide) groups is 1. The van der Waals surface area contributed by atoms with Crippen molar-refractivity contribution in [1.82, 2.24) is 0 Å². The maximum Gasteiger partial charge on any atom is 0.0634 e. The Bertz CT molecular complexity index is 291. The van der Waals surface area contributed by atoms with Crippen molar-refractivity contribution in [2.24, 2.45) is 0 Å². The zero-order chi connectivity index (χ0) is 11.1. The topological polar surface area (TPSA) is 46.2 Å². The Morgan fingerprint density at radius 3 is 2.93 bits per heavy atom. The predicted molar refractivity (Wildman–Crippen MR) is 67.1 cm³/mol. The Morgan fingerprint density at radius 2 is 2.27 bits per heavy atom. The molecule has 3 heteroatoms. The Balaban J connectivity index is 2.30. The summed E-state index contributed by atoms with van der Waals surface area (Å²) < 4.78 is 0. The summed E-state index contributed by atoms with van der Waals surface area (Å²) in [6.07, 6.45) is 2.93. The first-order chi connectivity index (χ1) is 7.22. The molecule has 0 heterocycles. The molecule has 0 aromatic heterocycles. The summed E-state index contributed by atoms with van der Waals surface area (Å²) in [6.45, 7) is 2.14. The van der Waals surface area contributed by atoms with Crippen molar-refractivity contribution in [2.45, 2.75) is 37.2 Å². The van der Waals surface area contributed by atoms with E-state index in [4.69, 9.17) is 5.73 Å². The third-order valence-electron chi connectivity index (χ3n) is 2.19. The van der Waals surface area contributed by atoms with E-state index in [1.54, 1.807) is 11.8 Å². The van der Waals surface area contributed by atoms with Gasteiger partial charge in [0.05, 0.1) is 6.10 Å². The lowest BCUT2D eigenvalue weighted by Gasteiger charge is -2.09. The monoisotopic (exact) mass is 225 g/mol.